The van der Waals surface area contributed by atoms with Crippen LogP contribution in [0.15, 0.2) is 22.7 Å². The van der Waals surface area contributed by atoms with Crippen molar-refractivity contribution in [2.75, 3.05) is 5.73 Å². The Morgan fingerprint density at radius 1 is 1.38 bits per heavy atom. The van der Waals surface area contributed by atoms with Crippen molar-refractivity contribution in [2.45, 2.75) is 33.2 Å². The molecule has 0 radical (unpaired) electrons. The van der Waals surface area contributed by atoms with Crippen LogP contribution in [-0.2, 0) is 19.4 Å². The molecule has 0 atom stereocenters. The fourth-order valence-corrected chi connectivity index (χ4v) is 3.16. The van der Waals surface area contributed by atoms with Gasteiger partial charge in [0.25, 0.3) is 0 Å². The lowest BCUT2D eigenvalue weighted by Gasteiger charge is -2.06. The molecular weight excluding hydrogens is 354 g/mol. The molecule has 4 nitrogen and oxygen atoms in total. The molecule has 0 saturated heterocycles. The van der Waals surface area contributed by atoms with Crippen molar-refractivity contribution in [3.05, 3.63) is 44.6 Å². The van der Waals surface area contributed by atoms with Gasteiger partial charge in [0, 0.05) is 22.8 Å². The lowest BCUT2D eigenvalue weighted by atomic mass is 10.1. The first-order valence-corrected chi connectivity index (χ1v) is 7.96. The topological polar surface area (TPSA) is 60.9 Å². The molecule has 1 aromatic carbocycles. The van der Waals surface area contributed by atoms with E-state index in [1.165, 1.54) is 0 Å². The molecule has 1 heterocycles. The average molecular weight is 371 g/mol. The predicted molar refractivity (Wildman–Crippen MR) is 88.9 cm³/mol. The van der Waals surface area contributed by atoms with E-state index in [0.29, 0.717) is 16.3 Å². The zero-order valence-corrected chi connectivity index (χ0v) is 14.3. The molecule has 0 aliphatic heterocycles. The normalized spacial score (nSPS) is 10.9. The molecule has 21 heavy (non-hydrogen) atoms. The number of nitrogen functional groups attached to an aromatic ring is 1. The molecule has 0 fully saturated rings. The Balaban J connectivity index is 2.33. The third kappa shape index (κ3) is 3.47. The smallest absolute Gasteiger partial charge is 0.168 e. The van der Waals surface area contributed by atoms with Crippen LogP contribution in [0.2, 0.25) is 5.02 Å². The van der Waals surface area contributed by atoms with Crippen molar-refractivity contribution in [1.82, 2.24) is 9.78 Å². The standard InChI is InChI=1S/C15H17BrClN3O/c1-3-12-15(16)13(20(4-2)19-12)8-14(21)9-5-10(17)7-11(18)6-9/h5-7H,3-4,8,18H2,1-2H3. The van der Waals surface area contributed by atoms with Crippen molar-refractivity contribution in [3.8, 4) is 0 Å². The Labute approximate surface area is 137 Å². The molecule has 0 amide bonds. The van der Waals surface area contributed by atoms with Crippen LogP contribution >= 0.6 is 27.5 Å². The molecule has 0 aliphatic carbocycles. The predicted octanol–water partition coefficient (Wildman–Crippen LogP) is 3.89. The number of hydrogen-bond acceptors (Lipinski definition) is 3. The van der Waals surface area contributed by atoms with Gasteiger partial charge in [0.1, 0.15) is 0 Å². The van der Waals surface area contributed by atoms with Gasteiger partial charge in [-0.05, 0) is 47.5 Å². The van der Waals surface area contributed by atoms with E-state index in [1.807, 2.05) is 18.5 Å². The van der Waals surface area contributed by atoms with E-state index >= 15 is 0 Å². The minimum absolute atomic E-state index is 0.0258. The zero-order valence-electron chi connectivity index (χ0n) is 12.0. The Morgan fingerprint density at radius 3 is 2.67 bits per heavy atom. The van der Waals surface area contributed by atoms with Gasteiger partial charge in [-0.1, -0.05) is 18.5 Å². The summed E-state index contributed by atoms with van der Waals surface area (Å²) in [5.41, 5.74) is 8.60. The summed E-state index contributed by atoms with van der Waals surface area (Å²) in [7, 11) is 0. The summed E-state index contributed by atoms with van der Waals surface area (Å²) in [6.07, 6.45) is 1.08. The van der Waals surface area contributed by atoms with Crippen LogP contribution in [-0.4, -0.2) is 15.6 Å². The second-order valence-corrected chi connectivity index (χ2v) is 5.98. The maximum atomic E-state index is 12.5. The van der Waals surface area contributed by atoms with E-state index in [1.54, 1.807) is 18.2 Å². The van der Waals surface area contributed by atoms with Crippen LogP contribution < -0.4 is 5.73 Å². The number of hydrogen-bond donors (Lipinski definition) is 1. The van der Waals surface area contributed by atoms with Gasteiger partial charge in [0.2, 0.25) is 0 Å². The van der Waals surface area contributed by atoms with E-state index in [0.717, 1.165) is 28.8 Å². The number of ketones is 1. The molecule has 6 heteroatoms. The highest BCUT2D eigenvalue weighted by molar-refractivity contribution is 9.10. The highest BCUT2D eigenvalue weighted by Crippen LogP contribution is 2.25. The van der Waals surface area contributed by atoms with Gasteiger partial charge >= 0.3 is 0 Å². The number of halogens is 2. The van der Waals surface area contributed by atoms with Crippen molar-refractivity contribution >= 4 is 39.0 Å². The molecule has 2 rings (SSSR count). The van der Waals surface area contributed by atoms with E-state index in [2.05, 4.69) is 21.0 Å². The first-order chi connectivity index (χ1) is 9.96. The first-order valence-electron chi connectivity index (χ1n) is 6.79. The van der Waals surface area contributed by atoms with Crippen LogP contribution in [0.25, 0.3) is 0 Å². The number of carbonyl (C=O) groups excluding carboxylic acids is 1. The monoisotopic (exact) mass is 369 g/mol. The van der Waals surface area contributed by atoms with Crippen molar-refractivity contribution in [3.63, 3.8) is 0 Å². The number of carbonyl (C=O) groups is 1. The molecule has 2 aromatic rings. The van der Waals surface area contributed by atoms with Crippen LogP contribution in [0.3, 0.4) is 0 Å². The first kappa shape index (κ1) is 16.0. The number of Topliss-reactive ketones (excluding diaryl/α,β-unsaturated/α-hetero) is 1. The molecular formula is C15H17BrClN3O. The number of nitrogens with two attached hydrogens (primary N) is 1. The maximum Gasteiger partial charge on any atom is 0.168 e. The summed E-state index contributed by atoms with van der Waals surface area (Å²) in [6, 6.07) is 4.91. The number of benzene rings is 1. The quantitative estimate of drug-likeness (QED) is 0.641. The highest BCUT2D eigenvalue weighted by Gasteiger charge is 2.18. The Bertz CT molecular complexity index is 662. The number of aryl methyl sites for hydroxylation is 2. The summed E-state index contributed by atoms with van der Waals surface area (Å²) in [5, 5.41) is 4.96. The molecule has 0 saturated carbocycles. The largest absolute Gasteiger partial charge is 0.399 e. The molecule has 0 unspecified atom stereocenters. The van der Waals surface area contributed by atoms with Gasteiger partial charge < -0.3 is 5.73 Å². The second kappa shape index (κ2) is 6.62. The van der Waals surface area contributed by atoms with Gasteiger partial charge in [-0.3, -0.25) is 9.48 Å². The average Bonchev–Trinajstić information content (AvgIpc) is 2.74. The molecule has 0 aliphatic rings. The third-order valence-corrected chi connectivity index (χ3v) is 4.40. The van der Waals surface area contributed by atoms with Crippen LogP contribution in [0.5, 0.6) is 0 Å². The van der Waals surface area contributed by atoms with Crippen molar-refractivity contribution in [2.24, 2.45) is 0 Å². The Hall–Kier alpha value is -1.33. The van der Waals surface area contributed by atoms with Gasteiger partial charge in [-0.25, -0.2) is 0 Å². The lowest BCUT2D eigenvalue weighted by Crippen LogP contribution is -2.10. The van der Waals surface area contributed by atoms with Crippen LogP contribution in [0, 0.1) is 0 Å². The summed E-state index contributed by atoms with van der Waals surface area (Å²) < 4.78 is 2.77. The van der Waals surface area contributed by atoms with Crippen molar-refractivity contribution in [1.29, 1.82) is 0 Å². The number of aromatic nitrogens is 2. The van der Waals surface area contributed by atoms with Crippen LogP contribution in [0.1, 0.15) is 35.6 Å². The van der Waals surface area contributed by atoms with E-state index in [4.69, 9.17) is 17.3 Å². The molecule has 0 spiro atoms. The summed E-state index contributed by atoms with van der Waals surface area (Å²) >= 11 is 9.50. The molecule has 0 bridgehead atoms. The SMILES string of the molecule is CCc1nn(CC)c(CC(=O)c2cc(N)cc(Cl)c2)c1Br. The number of nitrogens with zero attached hydrogens (tertiary/aromatic N) is 2. The Morgan fingerprint density at radius 2 is 2.10 bits per heavy atom. The molecule has 1 aromatic heterocycles. The third-order valence-electron chi connectivity index (χ3n) is 3.26. The van der Waals surface area contributed by atoms with Gasteiger partial charge in [-0.2, -0.15) is 5.10 Å². The van der Waals surface area contributed by atoms with E-state index in [9.17, 15) is 4.79 Å². The number of anilines is 1. The number of rotatable bonds is 5. The van der Waals surface area contributed by atoms with Crippen molar-refractivity contribution < 1.29 is 4.79 Å². The zero-order chi connectivity index (χ0) is 15.6. The van der Waals surface area contributed by atoms with Gasteiger partial charge in [0.05, 0.1) is 22.3 Å². The lowest BCUT2D eigenvalue weighted by molar-refractivity contribution is 0.0990. The molecule has 2 N–H and O–H groups in total. The minimum atomic E-state index is -0.0258. The fraction of sp³-hybridized carbons (Fsp3) is 0.333. The second-order valence-electron chi connectivity index (χ2n) is 4.75. The summed E-state index contributed by atoms with van der Waals surface area (Å²) in [4.78, 5) is 12.5. The Kier molecular flexibility index (Phi) is 5.06. The highest BCUT2D eigenvalue weighted by atomic mass is 79.9. The summed E-state index contributed by atoms with van der Waals surface area (Å²) in [6.45, 7) is 4.76. The minimum Gasteiger partial charge on any atom is -0.399 e. The molecule has 112 valence electrons. The van der Waals surface area contributed by atoms with E-state index < -0.39 is 0 Å². The maximum absolute atomic E-state index is 12.5. The van der Waals surface area contributed by atoms with E-state index in [-0.39, 0.29) is 12.2 Å². The fourth-order valence-electron chi connectivity index (χ4n) is 2.21. The van der Waals surface area contributed by atoms with Crippen LogP contribution in [0.4, 0.5) is 5.69 Å². The van der Waals surface area contributed by atoms with Gasteiger partial charge in [-0.15, -0.1) is 0 Å². The van der Waals surface area contributed by atoms with Gasteiger partial charge in [0.15, 0.2) is 5.78 Å². The summed E-state index contributed by atoms with van der Waals surface area (Å²) in [5.74, 6) is -0.0258.